The number of allylic oxidation sites excluding steroid dienone is 1. The number of hydrogen-bond donors (Lipinski definition) is 1. The number of aromatic amines is 1. The van der Waals surface area contributed by atoms with Crippen molar-refractivity contribution >= 4 is 44.0 Å². The molecule has 0 bridgehead atoms. The molecule has 2 aromatic carbocycles. The van der Waals surface area contributed by atoms with E-state index in [0.29, 0.717) is 0 Å². The minimum absolute atomic E-state index is 0.228. The lowest BCUT2D eigenvalue weighted by Gasteiger charge is -2.04. The molecular formula is C21H16Br2N2O2. The highest BCUT2D eigenvalue weighted by atomic mass is 79.9. The number of nitrogens with zero attached hydrogens (tertiary/aromatic N) is 1. The van der Waals surface area contributed by atoms with Gasteiger partial charge < -0.3 is 4.98 Å². The predicted molar refractivity (Wildman–Crippen MR) is 116 cm³/mol. The molecule has 0 unspecified atom stereocenters. The van der Waals surface area contributed by atoms with Crippen LogP contribution in [0.3, 0.4) is 0 Å². The maximum atomic E-state index is 13.0. The molecule has 0 atom stereocenters. The second-order valence-electron chi connectivity index (χ2n) is 5.86. The molecule has 0 fully saturated rings. The molecular weight excluding hydrogens is 472 g/mol. The second kappa shape index (κ2) is 8.50. The first kappa shape index (κ1) is 19.3. The fourth-order valence-corrected chi connectivity index (χ4v) is 3.52. The maximum absolute atomic E-state index is 13.0. The molecule has 4 nitrogen and oxygen atoms in total. The Morgan fingerprint density at radius 2 is 1.56 bits per heavy atom. The third kappa shape index (κ3) is 4.64. The highest BCUT2D eigenvalue weighted by Crippen LogP contribution is 2.12. The van der Waals surface area contributed by atoms with Gasteiger partial charge in [-0.1, -0.05) is 62.2 Å². The third-order valence-corrected chi connectivity index (χ3v) is 4.86. The summed E-state index contributed by atoms with van der Waals surface area (Å²) in [5.74, 6) is 0. The van der Waals surface area contributed by atoms with Crippen LogP contribution in [0.5, 0.6) is 0 Å². The van der Waals surface area contributed by atoms with E-state index >= 15 is 0 Å². The van der Waals surface area contributed by atoms with Crippen LogP contribution in [0.2, 0.25) is 0 Å². The second-order valence-corrected chi connectivity index (χ2v) is 7.69. The Morgan fingerprint density at radius 1 is 0.963 bits per heavy atom. The van der Waals surface area contributed by atoms with Crippen molar-refractivity contribution in [1.29, 1.82) is 0 Å². The zero-order chi connectivity index (χ0) is 19.4. The molecule has 6 heteroatoms. The Labute approximate surface area is 172 Å². The van der Waals surface area contributed by atoms with Crippen molar-refractivity contribution in [1.82, 2.24) is 9.55 Å². The summed E-state index contributed by atoms with van der Waals surface area (Å²) in [4.78, 5) is 28.4. The average molecular weight is 488 g/mol. The summed E-state index contributed by atoms with van der Waals surface area (Å²) in [6.07, 6.45) is 4.95. The summed E-state index contributed by atoms with van der Waals surface area (Å²) in [6.45, 7) is 3.94. The van der Waals surface area contributed by atoms with Gasteiger partial charge in [-0.3, -0.25) is 14.2 Å². The topological polar surface area (TPSA) is 54.9 Å². The average Bonchev–Trinajstić information content (AvgIpc) is 2.62. The van der Waals surface area contributed by atoms with Crippen LogP contribution >= 0.6 is 31.9 Å². The van der Waals surface area contributed by atoms with Gasteiger partial charge in [0.05, 0.1) is 0 Å². The van der Waals surface area contributed by atoms with Gasteiger partial charge >= 0.3 is 0 Å². The number of rotatable bonds is 4. The normalized spacial score (nSPS) is 12.4. The first-order valence-corrected chi connectivity index (χ1v) is 9.75. The van der Waals surface area contributed by atoms with E-state index in [1.165, 1.54) is 4.57 Å². The van der Waals surface area contributed by atoms with Crippen LogP contribution in [0.15, 0.2) is 79.7 Å². The fourth-order valence-electron chi connectivity index (χ4n) is 2.69. The Morgan fingerprint density at radius 3 is 2.11 bits per heavy atom. The van der Waals surface area contributed by atoms with Crippen LogP contribution in [0.4, 0.5) is 0 Å². The van der Waals surface area contributed by atoms with Gasteiger partial charge in [0.15, 0.2) is 0 Å². The highest BCUT2D eigenvalue weighted by molar-refractivity contribution is 9.10. The van der Waals surface area contributed by atoms with E-state index in [1.54, 1.807) is 18.2 Å². The van der Waals surface area contributed by atoms with Crippen molar-refractivity contribution in [2.75, 3.05) is 0 Å². The lowest BCUT2D eigenvalue weighted by Crippen LogP contribution is -2.53. The first-order valence-electron chi connectivity index (χ1n) is 8.16. The fraction of sp³-hybridized carbons (Fsp3) is 0.0476. The molecule has 3 aromatic rings. The van der Waals surface area contributed by atoms with Crippen molar-refractivity contribution < 1.29 is 0 Å². The summed E-state index contributed by atoms with van der Waals surface area (Å²) in [6, 6.07) is 15.0. The zero-order valence-corrected chi connectivity index (χ0v) is 17.5. The van der Waals surface area contributed by atoms with Crippen LogP contribution < -0.4 is 21.8 Å². The zero-order valence-electron chi connectivity index (χ0n) is 14.3. The summed E-state index contributed by atoms with van der Waals surface area (Å²) in [5.41, 5.74) is 1.01. The third-order valence-electron chi connectivity index (χ3n) is 3.87. The number of hydrogen-bond acceptors (Lipinski definition) is 2. The smallest absolute Gasteiger partial charge is 0.275 e. The molecule has 0 radical (unpaired) electrons. The van der Waals surface area contributed by atoms with Gasteiger partial charge in [-0.15, -0.1) is 6.58 Å². The number of H-pyrrole nitrogens is 1. The quantitative estimate of drug-likeness (QED) is 0.575. The molecule has 0 aliphatic heterocycles. The number of aromatic nitrogens is 2. The van der Waals surface area contributed by atoms with Crippen molar-refractivity contribution in [2.45, 2.75) is 6.54 Å². The van der Waals surface area contributed by atoms with Gasteiger partial charge in [-0.05, 0) is 47.5 Å². The van der Waals surface area contributed by atoms with E-state index in [9.17, 15) is 9.59 Å². The van der Waals surface area contributed by atoms with Crippen LogP contribution in [-0.2, 0) is 6.54 Å². The SMILES string of the molecule is C=CCn1c(=O)/c(=C\c2cccc(Br)c2)[nH]c(=O)/c1=C\c1cccc(Br)c1. The van der Waals surface area contributed by atoms with Gasteiger partial charge in [0.1, 0.15) is 10.7 Å². The summed E-state index contributed by atoms with van der Waals surface area (Å²) in [5, 5.41) is 0.510. The van der Waals surface area contributed by atoms with Gasteiger partial charge in [0.2, 0.25) is 0 Å². The molecule has 0 spiro atoms. The molecule has 1 heterocycles. The largest absolute Gasteiger partial charge is 0.316 e. The summed E-state index contributed by atoms with van der Waals surface area (Å²) < 4.78 is 3.21. The van der Waals surface area contributed by atoms with E-state index in [-0.39, 0.29) is 28.4 Å². The van der Waals surface area contributed by atoms with Crippen molar-refractivity contribution in [3.8, 4) is 0 Å². The molecule has 136 valence electrons. The maximum Gasteiger partial charge on any atom is 0.275 e. The Bertz CT molecular complexity index is 1240. The van der Waals surface area contributed by atoms with Crippen molar-refractivity contribution in [2.24, 2.45) is 0 Å². The lowest BCUT2D eigenvalue weighted by molar-refractivity contribution is 0.717. The van der Waals surface area contributed by atoms with E-state index in [1.807, 2.05) is 48.5 Å². The first-order chi connectivity index (χ1) is 13.0. The summed E-state index contributed by atoms with van der Waals surface area (Å²) >= 11 is 6.82. The number of halogens is 2. The van der Waals surface area contributed by atoms with Crippen LogP contribution in [0, 0.1) is 0 Å². The highest BCUT2D eigenvalue weighted by Gasteiger charge is 2.04. The molecule has 0 aliphatic carbocycles. The van der Waals surface area contributed by atoms with E-state index in [2.05, 4.69) is 43.4 Å². The van der Waals surface area contributed by atoms with Gasteiger partial charge in [-0.25, -0.2) is 0 Å². The Hall–Kier alpha value is -2.44. The van der Waals surface area contributed by atoms with Crippen LogP contribution in [0.1, 0.15) is 11.1 Å². The van der Waals surface area contributed by atoms with Crippen molar-refractivity contribution in [3.63, 3.8) is 0 Å². The van der Waals surface area contributed by atoms with Gasteiger partial charge in [0.25, 0.3) is 11.1 Å². The molecule has 1 N–H and O–H groups in total. The van der Waals surface area contributed by atoms with E-state index in [0.717, 1.165) is 20.1 Å². The molecule has 1 aromatic heterocycles. The van der Waals surface area contributed by atoms with E-state index in [4.69, 9.17) is 0 Å². The van der Waals surface area contributed by atoms with Crippen LogP contribution in [0.25, 0.3) is 12.2 Å². The Balaban J connectivity index is 2.29. The Kier molecular flexibility index (Phi) is 6.08. The summed E-state index contributed by atoms with van der Waals surface area (Å²) in [7, 11) is 0. The molecule has 0 saturated heterocycles. The minimum atomic E-state index is -0.335. The predicted octanol–water partition coefficient (Wildman–Crippen LogP) is 2.91. The van der Waals surface area contributed by atoms with Gasteiger partial charge in [0, 0.05) is 15.5 Å². The molecule has 0 saturated carbocycles. The lowest BCUT2D eigenvalue weighted by atomic mass is 10.2. The molecule has 0 amide bonds. The standard InChI is InChI=1S/C21H16Br2N2O2/c1-2-9-25-19(13-15-6-4-8-17(23)11-15)20(26)24-18(21(25)27)12-14-5-3-7-16(22)10-14/h2-8,10-13H,1,9H2,(H,24,26)/b18-12+,19-13+. The number of nitrogens with one attached hydrogen (secondary N) is 1. The monoisotopic (exact) mass is 486 g/mol. The van der Waals surface area contributed by atoms with Crippen molar-refractivity contribution in [3.05, 3.63) is 113 Å². The molecule has 0 aliphatic rings. The molecule has 27 heavy (non-hydrogen) atoms. The van der Waals surface area contributed by atoms with E-state index < -0.39 is 0 Å². The van der Waals surface area contributed by atoms with Gasteiger partial charge in [-0.2, -0.15) is 0 Å². The minimum Gasteiger partial charge on any atom is -0.316 e. The molecule has 3 rings (SSSR count). The van der Waals surface area contributed by atoms with Crippen LogP contribution in [-0.4, -0.2) is 9.55 Å². The number of benzene rings is 2.